The van der Waals surface area contributed by atoms with Crippen molar-refractivity contribution in [2.45, 2.75) is 90.1 Å². The molecule has 1 unspecified atom stereocenters. The van der Waals surface area contributed by atoms with E-state index < -0.39 is 0 Å². The molecule has 0 saturated carbocycles. The molecule has 0 saturated heterocycles. The van der Waals surface area contributed by atoms with Crippen molar-refractivity contribution in [2.75, 3.05) is 6.61 Å². The molecule has 21 heavy (non-hydrogen) atoms. The summed E-state index contributed by atoms with van der Waals surface area (Å²) in [5.41, 5.74) is 0. The highest BCUT2D eigenvalue weighted by Gasteiger charge is 1.99. The second kappa shape index (κ2) is 15.6. The number of esters is 1. The van der Waals surface area contributed by atoms with E-state index in [1.165, 1.54) is 57.4 Å². The quantitative estimate of drug-likeness (QED) is 0.269. The molecule has 0 heterocycles. The van der Waals surface area contributed by atoms with E-state index in [2.05, 4.69) is 6.58 Å². The van der Waals surface area contributed by atoms with Gasteiger partial charge in [-0.1, -0.05) is 71.3 Å². The lowest BCUT2D eigenvalue weighted by atomic mass is 10.0. The molecule has 0 aliphatic rings. The van der Waals surface area contributed by atoms with Crippen LogP contribution in [0.15, 0.2) is 12.7 Å². The molecule has 0 amide bonds. The molecular weight excluding hydrogens is 264 g/mol. The maximum absolute atomic E-state index is 10.8. The molecule has 0 fully saturated rings. The summed E-state index contributed by atoms with van der Waals surface area (Å²) in [6, 6.07) is 0. The Labute approximate surface area is 130 Å². The van der Waals surface area contributed by atoms with Crippen LogP contribution in [0.1, 0.15) is 84.0 Å². The minimum absolute atomic E-state index is 0.0873. The zero-order valence-corrected chi connectivity index (χ0v) is 13.8. The summed E-state index contributed by atoms with van der Waals surface area (Å²) in [6.45, 7) is 5.92. The standard InChI is InChI=1S/C18H34O3/c1-3-17(19)15-13-11-9-7-5-6-8-10-12-14-16-21-18(20)4-2/h4,17,19H,2-3,5-16H2,1H3. The summed E-state index contributed by atoms with van der Waals surface area (Å²) in [7, 11) is 0. The minimum Gasteiger partial charge on any atom is -0.463 e. The van der Waals surface area contributed by atoms with E-state index in [1.54, 1.807) is 0 Å². The summed E-state index contributed by atoms with van der Waals surface area (Å²) in [4.78, 5) is 10.8. The first-order chi connectivity index (χ1) is 10.2. The van der Waals surface area contributed by atoms with E-state index in [-0.39, 0.29) is 12.1 Å². The normalized spacial score (nSPS) is 12.1. The zero-order chi connectivity index (χ0) is 15.8. The maximum Gasteiger partial charge on any atom is 0.330 e. The van der Waals surface area contributed by atoms with Crippen LogP contribution in [-0.4, -0.2) is 23.8 Å². The minimum atomic E-state index is -0.318. The largest absolute Gasteiger partial charge is 0.463 e. The molecule has 0 aromatic carbocycles. The monoisotopic (exact) mass is 298 g/mol. The Balaban J connectivity index is 3.06. The summed E-state index contributed by atoms with van der Waals surface area (Å²) in [5, 5.41) is 9.43. The Morgan fingerprint density at radius 1 is 1.00 bits per heavy atom. The Hall–Kier alpha value is -0.830. The van der Waals surface area contributed by atoms with E-state index in [9.17, 15) is 9.90 Å². The van der Waals surface area contributed by atoms with Crippen LogP contribution in [-0.2, 0) is 9.53 Å². The fourth-order valence-corrected chi connectivity index (χ4v) is 2.33. The molecule has 0 radical (unpaired) electrons. The van der Waals surface area contributed by atoms with Gasteiger partial charge in [0.2, 0.25) is 0 Å². The van der Waals surface area contributed by atoms with Gasteiger partial charge in [-0.25, -0.2) is 4.79 Å². The maximum atomic E-state index is 10.8. The van der Waals surface area contributed by atoms with Crippen molar-refractivity contribution in [3.05, 3.63) is 12.7 Å². The highest BCUT2D eigenvalue weighted by atomic mass is 16.5. The summed E-state index contributed by atoms with van der Waals surface area (Å²) in [5.74, 6) is -0.318. The van der Waals surface area contributed by atoms with Crippen molar-refractivity contribution in [2.24, 2.45) is 0 Å². The molecule has 1 N–H and O–H groups in total. The van der Waals surface area contributed by atoms with Crippen LogP contribution in [0.4, 0.5) is 0 Å². The first-order valence-corrected chi connectivity index (χ1v) is 8.68. The molecule has 124 valence electrons. The molecule has 3 nitrogen and oxygen atoms in total. The predicted molar refractivity (Wildman–Crippen MR) is 88.2 cm³/mol. The Bertz CT molecular complexity index is 251. The Morgan fingerprint density at radius 2 is 1.48 bits per heavy atom. The van der Waals surface area contributed by atoms with Crippen molar-refractivity contribution in [3.63, 3.8) is 0 Å². The molecule has 3 heteroatoms. The van der Waals surface area contributed by atoms with E-state index in [1.807, 2.05) is 6.92 Å². The van der Waals surface area contributed by atoms with Crippen LogP contribution in [0, 0.1) is 0 Å². The number of hydrogen-bond donors (Lipinski definition) is 1. The molecule has 0 spiro atoms. The average molecular weight is 298 g/mol. The van der Waals surface area contributed by atoms with Gasteiger partial charge in [0.05, 0.1) is 12.7 Å². The second-order valence-electron chi connectivity index (χ2n) is 5.76. The van der Waals surface area contributed by atoms with Crippen LogP contribution in [0.3, 0.4) is 0 Å². The SMILES string of the molecule is C=CC(=O)OCCCCCCCCCCCCC(O)CC. The van der Waals surface area contributed by atoms with E-state index in [4.69, 9.17) is 4.74 Å². The number of carbonyl (C=O) groups is 1. The molecule has 1 atom stereocenters. The van der Waals surface area contributed by atoms with Gasteiger partial charge in [-0.05, 0) is 19.3 Å². The molecule has 0 aliphatic carbocycles. The highest BCUT2D eigenvalue weighted by Crippen LogP contribution is 2.12. The van der Waals surface area contributed by atoms with Gasteiger partial charge >= 0.3 is 5.97 Å². The van der Waals surface area contributed by atoms with Crippen LogP contribution in [0.2, 0.25) is 0 Å². The third-order valence-electron chi connectivity index (χ3n) is 3.81. The lowest BCUT2D eigenvalue weighted by Gasteiger charge is -2.06. The summed E-state index contributed by atoms with van der Waals surface area (Å²) >= 11 is 0. The first kappa shape index (κ1) is 20.2. The molecule has 0 aromatic heterocycles. The second-order valence-corrected chi connectivity index (χ2v) is 5.76. The van der Waals surface area contributed by atoms with Crippen molar-refractivity contribution in [1.29, 1.82) is 0 Å². The van der Waals surface area contributed by atoms with Gasteiger partial charge in [0.15, 0.2) is 0 Å². The van der Waals surface area contributed by atoms with E-state index in [0.717, 1.165) is 25.7 Å². The topological polar surface area (TPSA) is 46.5 Å². The first-order valence-electron chi connectivity index (χ1n) is 8.68. The number of ether oxygens (including phenoxy) is 1. The summed E-state index contributed by atoms with van der Waals surface area (Å²) < 4.78 is 4.92. The fourth-order valence-electron chi connectivity index (χ4n) is 2.33. The van der Waals surface area contributed by atoms with Crippen molar-refractivity contribution >= 4 is 5.97 Å². The third-order valence-corrected chi connectivity index (χ3v) is 3.81. The lowest BCUT2D eigenvalue weighted by molar-refractivity contribution is -0.137. The molecule has 0 rings (SSSR count). The number of unbranched alkanes of at least 4 members (excludes halogenated alkanes) is 9. The fraction of sp³-hybridized carbons (Fsp3) is 0.833. The smallest absolute Gasteiger partial charge is 0.330 e. The van der Waals surface area contributed by atoms with Crippen LogP contribution in [0.5, 0.6) is 0 Å². The molecule has 0 aliphatic heterocycles. The number of aliphatic hydroxyl groups excluding tert-OH is 1. The predicted octanol–water partition coefficient (Wildman–Crippen LogP) is 4.78. The van der Waals surface area contributed by atoms with Gasteiger partial charge in [0, 0.05) is 6.08 Å². The Morgan fingerprint density at radius 3 is 1.95 bits per heavy atom. The molecule has 0 bridgehead atoms. The van der Waals surface area contributed by atoms with Crippen molar-refractivity contribution in [1.82, 2.24) is 0 Å². The average Bonchev–Trinajstić information content (AvgIpc) is 2.51. The van der Waals surface area contributed by atoms with Gasteiger partial charge in [0.1, 0.15) is 0 Å². The van der Waals surface area contributed by atoms with E-state index >= 15 is 0 Å². The van der Waals surface area contributed by atoms with Crippen molar-refractivity contribution < 1.29 is 14.6 Å². The lowest BCUT2D eigenvalue weighted by Crippen LogP contribution is -2.03. The van der Waals surface area contributed by atoms with Gasteiger partial charge in [-0.3, -0.25) is 0 Å². The highest BCUT2D eigenvalue weighted by molar-refractivity contribution is 5.81. The molecule has 0 aromatic rings. The number of rotatable bonds is 15. The zero-order valence-electron chi connectivity index (χ0n) is 13.8. The van der Waals surface area contributed by atoms with Crippen molar-refractivity contribution in [3.8, 4) is 0 Å². The van der Waals surface area contributed by atoms with Gasteiger partial charge in [-0.2, -0.15) is 0 Å². The molecular formula is C18H34O3. The summed E-state index contributed by atoms with van der Waals surface area (Å²) in [6.07, 6.45) is 15.2. The third kappa shape index (κ3) is 15.4. The van der Waals surface area contributed by atoms with Crippen LogP contribution >= 0.6 is 0 Å². The van der Waals surface area contributed by atoms with Crippen LogP contribution in [0.25, 0.3) is 0 Å². The number of carbonyl (C=O) groups excluding carboxylic acids is 1. The van der Waals surface area contributed by atoms with E-state index in [0.29, 0.717) is 6.61 Å². The van der Waals surface area contributed by atoms with Gasteiger partial charge in [0.25, 0.3) is 0 Å². The number of aliphatic hydroxyl groups is 1. The number of hydrogen-bond acceptors (Lipinski definition) is 3. The van der Waals surface area contributed by atoms with Gasteiger partial charge in [-0.15, -0.1) is 0 Å². The Kier molecular flexibility index (Phi) is 14.9. The van der Waals surface area contributed by atoms with Gasteiger partial charge < -0.3 is 9.84 Å². The van der Waals surface area contributed by atoms with Crippen LogP contribution < -0.4 is 0 Å².